The van der Waals surface area contributed by atoms with Gasteiger partial charge in [-0.3, -0.25) is 4.79 Å². The Hall–Kier alpha value is -1.34. The van der Waals surface area contributed by atoms with Crippen LogP contribution in [0.15, 0.2) is 22.7 Å². The van der Waals surface area contributed by atoms with E-state index in [4.69, 9.17) is 5.26 Å². The molecule has 18 heavy (non-hydrogen) atoms. The van der Waals surface area contributed by atoms with Crippen molar-refractivity contribution in [2.24, 2.45) is 5.92 Å². The predicted molar refractivity (Wildman–Crippen MR) is 73.1 cm³/mol. The Kier molecular flexibility index (Phi) is 4.03. The second-order valence-electron chi connectivity index (χ2n) is 4.63. The summed E-state index contributed by atoms with van der Waals surface area (Å²) in [5, 5.41) is 8.85. The summed E-state index contributed by atoms with van der Waals surface area (Å²) < 4.78 is 0.873. The predicted octanol–water partition coefficient (Wildman–Crippen LogP) is 3.13. The monoisotopic (exact) mass is 306 g/mol. The van der Waals surface area contributed by atoms with Gasteiger partial charge in [-0.25, -0.2) is 0 Å². The third kappa shape index (κ3) is 2.56. The smallest absolute Gasteiger partial charge is 0.255 e. The van der Waals surface area contributed by atoms with Crippen LogP contribution < -0.4 is 0 Å². The summed E-state index contributed by atoms with van der Waals surface area (Å²) in [7, 11) is 0. The lowest BCUT2D eigenvalue weighted by atomic mass is 9.98. The summed E-state index contributed by atoms with van der Waals surface area (Å²) >= 11 is 3.47. The van der Waals surface area contributed by atoms with Crippen LogP contribution >= 0.6 is 15.9 Å². The SMILES string of the molecule is Cc1cccc(C(=O)N2CCC(C#N)CC2)c1Br. The van der Waals surface area contributed by atoms with Gasteiger partial charge in [0.15, 0.2) is 0 Å². The summed E-state index contributed by atoms with van der Waals surface area (Å²) in [6.45, 7) is 3.33. The topological polar surface area (TPSA) is 44.1 Å². The first-order valence-corrected chi connectivity index (χ1v) is 6.86. The highest BCUT2D eigenvalue weighted by Gasteiger charge is 2.24. The maximum absolute atomic E-state index is 12.4. The average molecular weight is 307 g/mol. The molecule has 0 aromatic heterocycles. The number of amides is 1. The number of likely N-dealkylation sites (tertiary alicyclic amines) is 1. The number of nitriles is 1. The molecule has 1 heterocycles. The van der Waals surface area contributed by atoms with Gasteiger partial charge in [0.05, 0.1) is 11.6 Å². The van der Waals surface area contributed by atoms with E-state index >= 15 is 0 Å². The Labute approximate surface area is 116 Å². The van der Waals surface area contributed by atoms with Crippen molar-refractivity contribution in [1.29, 1.82) is 5.26 Å². The van der Waals surface area contributed by atoms with E-state index in [1.165, 1.54) is 0 Å². The molecule has 0 unspecified atom stereocenters. The molecule has 1 aromatic rings. The van der Waals surface area contributed by atoms with Crippen LogP contribution in [-0.2, 0) is 0 Å². The minimum atomic E-state index is 0.0574. The molecule has 1 aliphatic rings. The average Bonchev–Trinajstić information content (AvgIpc) is 2.41. The number of nitrogens with zero attached hydrogens (tertiary/aromatic N) is 2. The lowest BCUT2D eigenvalue weighted by Crippen LogP contribution is -2.38. The first kappa shape index (κ1) is 13.1. The van der Waals surface area contributed by atoms with Gasteiger partial charge in [0.1, 0.15) is 0 Å². The summed E-state index contributed by atoms with van der Waals surface area (Å²) in [5.41, 5.74) is 1.78. The van der Waals surface area contributed by atoms with Crippen LogP contribution in [0.5, 0.6) is 0 Å². The molecule has 1 amide bonds. The third-order valence-electron chi connectivity index (χ3n) is 3.39. The molecule has 0 atom stereocenters. The normalized spacial score (nSPS) is 16.4. The molecule has 1 saturated heterocycles. The molecule has 0 aliphatic carbocycles. The molecule has 0 bridgehead atoms. The van der Waals surface area contributed by atoms with Crippen molar-refractivity contribution >= 4 is 21.8 Å². The van der Waals surface area contributed by atoms with Crippen molar-refractivity contribution in [2.45, 2.75) is 19.8 Å². The van der Waals surface area contributed by atoms with Gasteiger partial charge in [-0.1, -0.05) is 12.1 Å². The number of hydrogen-bond acceptors (Lipinski definition) is 2. The van der Waals surface area contributed by atoms with Gasteiger partial charge in [0.25, 0.3) is 5.91 Å². The van der Waals surface area contributed by atoms with Crippen LogP contribution in [-0.4, -0.2) is 23.9 Å². The van der Waals surface area contributed by atoms with Crippen LogP contribution in [0.25, 0.3) is 0 Å². The van der Waals surface area contributed by atoms with Gasteiger partial charge in [-0.15, -0.1) is 0 Å². The van der Waals surface area contributed by atoms with E-state index in [-0.39, 0.29) is 11.8 Å². The minimum Gasteiger partial charge on any atom is -0.339 e. The van der Waals surface area contributed by atoms with E-state index in [0.717, 1.165) is 22.9 Å². The zero-order valence-electron chi connectivity index (χ0n) is 10.3. The number of carbonyl (C=O) groups is 1. The van der Waals surface area contributed by atoms with Gasteiger partial charge < -0.3 is 4.90 Å². The minimum absolute atomic E-state index is 0.0574. The van der Waals surface area contributed by atoms with E-state index in [1.54, 1.807) is 0 Å². The number of aryl methyl sites for hydroxylation is 1. The van der Waals surface area contributed by atoms with Crippen molar-refractivity contribution < 1.29 is 4.79 Å². The molecule has 94 valence electrons. The Balaban J connectivity index is 2.13. The molecule has 3 nitrogen and oxygen atoms in total. The Morgan fingerprint density at radius 1 is 1.44 bits per heavy atom. The maximum Gasteiger partial charge on any atom is 0.255 e. The lowest BCUT2D eigenvalue weighted by Gasteiger charge is -2.29. The molecule has 0 spiro atoms. The number of hydrogen-bond donors (Lipinski definition) is 0. The number of piperidine rings is 1. The van der Waals surface area contributed by atoms with Crippen LogP contribution in [0.2, 0.25) is 0 Å². The molecule has 2 rings (SSSR count). The van der Waals surface area contributed by atoms with Gasteiger partial charge in [-0.05, 0) is 47.3 Å². The van der Waals surface area contributed by atoms with E-state index in [0.29, 0.717) is 18.7 Å². The Morgan fingerprint density at radius 3 is 2.72 bits per heavy atom. The highest BCUT2D eigenvalue weighted by atomic mass is 79.9. The van der Waals surface area contributed by atoms with E-state index in [9.17, 15) is 4.79 Å². The maximum atomic E-state index is 12.4. The number of halogens is 1. The lowest BCUT2D eigenvalue weighted by molar-refractivity contribution is 0.0706. The van der Waals surface area contributed by atoms with E-state index < -0.39 is 0 Å². The number of benzene rings is 1. The fourth-order valence-electron chi connectivity index (χ4n) is 2.19. The van der Waals surface area contributed by atoms with Crippen LogP contribution in [0.1, 0.15) is 28.8 Å². The van der Waals surface area contributed by atoms with E-state index in [2.05, 4.69) is 22.0 Å². The molecular formula is C14H15BrN2O. The van der Waals surface area contributed by atoms with Crippen molar-refractivity contribution in [2.75, 3.05) is 13.1 Å². The molecule has 0 radical (unpaired) electrons. The summed E-state index contributed by atoms with van der Waals surface area (Å²) in [6, 6.07) is 7.99. The first-order valence-electron chi connectivity index (χ1n) is 6.07. The molecule has 1 fully saturated rings. The highest BCUT2D eigenvalue weighted by Crippen LogP contribution is 2.24. The van der Waals surface area contributed by atoms with Crippen LogP contribution in [0.4, 0.5) is 0 Å². The van der Waals surface area contributed by atoms with Gasteiger partial charge in [0.2, 0.25) is 0 Å². The van der Waals surface area contributed by atoms with Crippen molar-refractivity contribution in [3.8, 4) is 6.07 Å². The standard InChI is InChI=1S/C14H15BrN2O/c1-10-3-2-4-12(13(10)15)14(18)17-7-5-11(9-16)6-8-17/h2-4,11H,5-8H2,1H3. The molecule has 4 heteroatoms. The summed E-state index contributed by atoms with van der Waals surface area (Å²) in [4.78, 5) is 14.2. The molecule has 1 aliphatic heterocycles. The first-order chi connectivity index (χ1) is 8.63. The van der Waals surface area contributed by atoms with Crippen molar-refractivity contribution in [1.82, 2.24) is 4.90 Å². The van der Waals surface area contributed by atoms with Gasteiger partial charge in [0, 0.05) is 23.5 Å². The summed E-state index contributed by atoms with van der Waals surface area (Å²) in [5.74, 6) is 0.164. The largest absolute Gasteiger partial charge is 0.339 e. The molecule has 0 saturated carbocycles. The summed E-state index contributed by atoms with van der Waals surface area (Å²) in [6.07, 6.45) is 1.57. The van der Waals surface area contributed by atoms with Gasteiger partial charge in [-0.2, -0.15) is 5.26 Å². The number of carbonyl (C=O) groups excluding carboxylic acids is 1. The molecule has 1 aromatic carbocycles. The molecular weight excluding hydrogens is 292 g/mol. The molecule has 0 N–H and O–H groups in total. The third-order valence-corrected chi connectivity index (χ3v) is 4.44. The second-order valence-corrected chi connectivity index (χ2v) is 5.43. The van der Waals surface area contributed by atoms with Crippen molar-refractivity contribution in [3.05, 3.63) is 33.8 Å². The quantitative estimate of drug-likeness (QED) is 0.800. The fraction of sp³-hybridized carbons (Fsp3) is 0.429. The Bertz CT molecular complexity index is 499. The van der Waals surface area contributed by atoms with Crippen LogP contribution in [0, 0.1) is 24.2 Å². The van der Waals surface area contributed by atoms with Gasteiger partial charge >= 0.3 is 0 Å². The zero-order valence-corrected chi connectivity index (χ0v) is 11.9. The zero-order chi connectivity index (χ0) is 13.1. The second kappa shape index (κ2) is 5.53. The fourth-order valence-corrected chi connectivity index (χ4v) is 2.63. The van der Waals surface area contributed by atoms with Crippen molar-refractivity contribution in [3.63, 3.8) is 0 Å². The van der Waals surface area contributed by atoms with Crippen LogP contribution in [0.3, 0.4) is 0 Å². The Morgan fingerprint density at radius 2 is 2.11 bits per heavy atom. The number of rotatable bonds is 1. The highest BCUT2D eigenvalue weighted by molar-refractivity contribution is 9.10. The van der Waals surface area contributed by atoms with E-state index in [1.807, 2.05) is 30.0 Å².